The summed E-state index contributed by atoms with van der Waals surface area (Å²) in [4.78, 5) is 13.7. The quantitative estimate of drug-likeness (QED) is 0.743. The minimum Gasteiger partial charge on any atom is -0.395 e. The van der Waals surface area contributed by atoms with Gasteiger partial charge in [-0.2, -0.15) is 0 Å². The predicted octanol–water partition coefficient (Wildman–Crippen LogP) is -0.206. The van der Waals surface area contributed by atoms with Crippen LogP contribution >= 0.6 is 0 Å². The van der Waals surface area contributed by atoms with Crippen LogP contribution < -0.4 is 0 Å². The molecule has 1 amide bonds. The molecule has 1 aliphatic carbocycles. The first-order valence-corrected chi connectivity index (χ1v) is 7.95. The summed E-state index contributed by atoms with van der Waals surface area (Å²) in [6, 6.07) is 0.285. The highest BCUT2D eigenvalue weighted by molar-refractivity contribution is 7.91. The number of aliphatic hydroxyl groups is 1. The monoisotopic (exact) mass is 261 g/mol. The van der Waals surface area contributed by atoms with Crippen molar-refractivity contribution in [1.82, 2.24) is 4.90 Å². The van der Waals surface area contributed by atoms with E-state index >= 15 is 0 Å². The Labute approximate surface area is 102 Å². The van der Waals surface area contributed by atoms with Gasteiger partial charge in [-0.1, -0.05) is 0 Å². The first kappa shape index (κ1) is 12.8. The van der Waals surface area contributed by atoms with Crippen LogP contribution in [0.3, 0.4) is 0 Å². The Morgan fingerprint density at radius 1 is 1.29 bits per heavy atom. The van der Waals surface area contributed by atoms with Crippen LogP contribution in [0.15, 0.2) is 0 Å². The van der Waals surface area contributed by atoms with Gasteiger partial charge in [-0.25, -0.2) is 8.42 Å². The van der Waals surface area contributed by atoms with Crippen molar-refractivity contribution in [3.63, 3.8) is 0 Å². The van der Waals surface area contributed by atoms with Crippen LogP contribution in [0.25, 0.3) is 0 Å². The average Bonchev–Trinajstić information content (AvgIpc) is 3.01. The molecule has 0 aromatic carbocycles. The minimum absolute atomic E-state index is 0.00338. The molecule has 5 nitrogen and oxygen atoms in total. The maximum Gasteiger partial charge on any atom is 0.223 e. The fraction of sp³-hybridized carbons (Fsp3) is 0.909. The van der Waals surface area contributed by atoms with Gasteiger partial charge in [0.15, 0.2) is 9.84 Å². The van der Waals surface area contributed by atoms with Gasteiger partial charge < -0.3 is 10.0 Å². The molecule has 0 radical (unpaired) electrons. The molecule has 0 bridgehead atoms. The highest BCUT2D eigenvalue weighted by atomic mass is 32.2. The Hall–Kier alpha value is -0.620. The Kier molecular flexibility index (Phi) is 3.73. The topological polar surface area (TPSA) is 74.7 Å². The van der Waals surface area contributed by atoms with Crippen molar-refractivity contribution in [2.45, 2.75) is 31.7 Å². The molecule has 98 valence electrons. The van der Waals surface area contributed by atoms with Crippen molar-refractivity contribution in [3.8, 4) is 0 Å². The van der Waals surface area contributed by atoms with E-state index in [4.69, 9.17) is 5.11 Å². The zero-order chi connectivity index (χ0) is 12.5. The van der Waals surface area contributed by atoms with Crippen LogP contribution in [-0.4, -0.2) is 55.0 Å². The maximum atomic E-state index is 12.0. The number of amides is 1. The van der Waals surface area contributed by atoms with E-state index in [0.29, 0.717) is 19.4 Å². The van der Waals surface area contributed by atoms with Crippen molar-refractivity contribution in [2.75, 3.05) is 24.7 Å². The molecule has 1 aliphatic heterocycles. The fourth-order valence-corrected chi connectivity index (χ4v) is 4.26. The summed E-state index contributed by atoms with van der Waals surface area (Å²) >= 11 is 0. The normalized spacial score (nSPS) is 27.0. The van der Waals surface area contributed by atoms with Crippen LogP contribution in [0.1, 0.15) is 25.7 Å². The highest BCUT2D eigenvalue weighted by Crippen LogP contribution is 2.29. The number of carbonyl (C=O) groups is 1. The molecule has 6 heteroatoms. The third kappa shape index (κ3) is 3.42. The number of rotatable bonds is 5. The lowest BCUT2D eigenvalue weighted by molar-refractivity contribution is -0.133. The minimum atomic E-state index is -2.90. The van der Waals surface area contributed by atoms with Crippen LogP contribution in [0, 0.1) is 5.92 Å². The lowest BCUT2D eigenvalue weighted by Gasteiger charge is -2.22. The number of hydrogen-bond donors (Lipinski definition) is 1. The number of nitrogens with zero attached hydrogens (tertiary/aromatic N) is 1. The summed E-state index contributed by atoms with van der Waals surface area (Å²) < 4.78 is 22.6. The Morgan fingerprint density at radius 3 is 2.47 bits per heavy atom. The summed E-state index contributed by atoms with van der Waals surface area (Å²) in [5, 5.41) is 8.92. The predicted molar refractivity (Wildman–Crippen MR) is 63.2 cm³/mol. The molecule has 2 rings (SSSR count). The molecule has 1 N–H and O–H groups in total. The first-order chi connectivity index (χ1) is 8.02. The van der Waals surface area contributed by atoms with Crippen molar-refractivity contribution in [1.29, 1.82) is 0 Å². The van der Waals surface area contributed by atoms with E-state index < -0.39 is 9.84 Å². The van der Waals surface area contributed by atoms with Gasteiger partial charge in [0.05, 0.1) is 18.1 Å². The molecular weight excluding hydrogens is 242 g/mol. The van der Waals surface area contributed by atoms with Crippen molar-refractivity contribution < 1.29 is 18.3 Å². The van der Waals surface area contributed by atoms with Gasteiger partial charge in [0.2, 0.25) is 5.91 Å². The number of hydrogen-bond acceptors (Lipinski definition) is 4. The van der Waals surface area contributed by atoms with E-state index in [1.165, 1.54) is 0 Å². The number of carbonyl (C=O) groups excluding carboxylic acids is 1. The van der Waals surface area contributed by atoms with Crippen molar-refractivity contribution in [3.05, 3.63) is 0 Å². The standard InChI is InChI=1S/C11H19NO4S/c13-5-4-12(10-1-2-10)11(14)7-9-3-6-17(15,16)8-9/h9-10,13H,1-8H2. The SMILES string of the molecule is O=C(CC1CCS(=O)(=O)C1)N(CCO)C1CC1. The molecule has 0 spiro atoms. The van der Waals surface area contributed by atoms with Gasteiger partial charge >= 0.3 is 0 Å². The molecular formula is C11H19NO4S. The lowest BCUT2D eigenvalue weighted by Crippen LogP contribution is -2.36. The van der Waals surface area contributed by atoms with E-state index in [9.17, 15) is 13.2 Å². The van der Waals surface area contributed by atoms with E-state index in [0.717, 1.165) is 12.8 Å². The number of sulfone groups is 1. The number of aliphatic hydroxyl groups excluding tert-OH is 1. The maximum absolute atomic E-state index is 12.0. The summed E-state index contributed by atoms with van der Waals surface area (Å²) in [5.74, 6) is 0.348. The summed E-state index contributed by atoms with van der Waals surface area (Å²) in [5.41, 5.74) is 0. The van der Waals surface area contributed by atoms with Gasteiger partial charge in [-0.05, 0) is 25.2 Å². The van der Waals surface area contributed by atoms with Crippen molar-refractivity contribution >= 4 is 15.7 Å². The van der Waals surface area contributed by atoms with Gasteiger partial charge in [-0.3, -0.25) is 4.79 Å². The molecule has 0 aromatic rings. The van der Waals surface area contributed by atoms with Crippen molar-refractivity contribution in [2.24, 2.45) is 5.92 Å². The summed E-state index contributed by atoms with van der Waals surface area (Å²) in [6.45, 7) is 0.355. The average molecular weight is 261 g/mol. The fourth-order valence-electron chi connectivity index (χ4n) is 2.40. The lowest BCUT2D eigenvalue weighted by atomic mass is 10.0. The van der Waals surface area contributed by atoms with Crippen LogP contribution in [0.5, 0.6) is 0 Å². The van der Waals surface area contributed by atoms with Gasteiger partial charge in [0.1, 0.15) is 0 Å². The largest absolute Gasteiger partial charge is 0.395 e. The van der Waals surface area contributed by atoms with Gasteiger partial charge in [-0.15, -0.1) is 0 Å². The smallest absolute Gasteiger partial charge is 0.223 e. The van der Waals surface area contributed by atoms with E-state index in [2.05, 4.69) is 0 Å². The second kappa shape index (κ2) is 4.94. The Morgan fingerprint density at radius 2 is 2.00 bits per heavy atom. The molecule has 1 saturated heterocycles. The van der Waals surface area contributed by atoms with Gasteiger partial charge in [0, 0.05) is 19.0 Å². The van der Waals surface area contributed by atoms with Crippen LogP contribution in [0.4, 0.5) is 0 Å². The third-order valence-electron chi connectivity index (χ3n) is 3.44. The second-order valence-electron chi connectivity index (χ2n) is 5.02. The van der Waals surface area contributed by atoms with E-state index in [1.807, 2.05) is 0 Å². The zero-order valence-electron chi connectivity index (χ0n) is 9.84. The molecule has 0 aromatic heterocycles. The molecule has 17 heavy (non-hydrogen) atoms. The van der Waals surface area contributed by atoms with E-state index in [1.54, 1.807) is 4.90 Å². The van der Waals surface area contributed by atoms with Gasteiger partial charge in [0.25, 0.3) is 0 Å². The first-order valence-electron chi connectivity index (χ1n) is 6.12. The summed E-state index contributed by atoms with van der Waals surface area (Å²) in [6.07, 6.45) is 2.94. The molecule has 1 heterocycles. The van der Waals surface area contributed by atoms with Crippen LogP contribution in [0.2, 0.25) is 0 Å². The van der Waals surface area contributed by atoms with E-state index in [-0.39, 0.29) is 36.0 Å². The molecule has 1 atom stereocenters. The molecule has 2 aliphatic rings. The molecule has 2 fully saturated rings. The third-order valence-corrected chi connectivity index (χ3v) is 5.28. The Balaban J connectivity index is 1.87. The van der Waals surface area contributed by atoms with Crippen LogP contribution in [-0.2, 0) is 14.6 Å². The molecule has 1 unspecified atom stereocenters. The Bertz CT molecular complexity index is 388. The molecule has 1 saturated carbocycles. The highest BCUT2D eigenvalue weighted by Gasteiger charge is 2.35. The zero-order valence-corrected chi connectivity index (χ0v) is 10.7. The summed E-state index contributed by atoms with van der Waals surface area (Å²) in [7, 11) is -2.90. The second-order valence-corrected chi connectivity index (χ2v) is 7.24.